The minimum Gasteiger partial charge on any atom is -0.346 e. The van der Waals surface area contributed by atoms with Gasteiger partial charge in [0, 0.05) is 17.2 Å². The van der Waals surface area contributed by atoms with E-state index in [4.69, 9.17) is 11.6 Å². The molecule has 0 unspecified atom stereocenters. The average molecular weight is 411 g/mol. The third-order valence-electron chi connectivity index (χ3n) is 4.11. The summed E-state index contributed by atoms with van der Waals surface area (Å²) >= 11 is 7.49. The second-order valence-corrected chi connectivity index (χ2v) is 7.58. The summed E-state index contributed by atoms with van der Waals surface area (Å²) in [6.07, 6.45) is 0. The molecular weight excluding hydrogens is 396 g/mol. The molecule has 1 N–H and O–H groups in total. The summed E-state index contributed by atoms with van der Waals surface area (Å²) < 4.78 is 1.25. The van der Waals surface area contributed by atoms with Gasteiger partial charge in [0.05, 0.1) is 17.3 Å². The van der Waals surface area contributed by atoms with Gasteiger partial charge in [-0.3, -0.25) is 9.59 Å². The fourth-order valence-electron chi connectivity index (χ4n) is 2.75. The van der Waals surface area contributed by atoms with Gasteiger partial charge >= 0.3 is 0 Å². The molecule has 6 nitrogen and oxygen atoms in total. The predicted molar refractivity (Wildman–Crippen MR) is 110 cm³/mol. The molecule has 0 fully saturated rings. The van der Waals surface area contributed by atoms with Crippen molar-refractivity contribution >= 4 is 33.8 Å². The maximum Gasteiger partial charge on any atom is 0.275 e. The van der Waals surface area contributed by atoms with E-state index in [2.05, 4.69) is 15.4 Å². The van der Waals surface area contributed by atoms with Crippen molar-refractivity contribution in [3.63, 3.8) is 0 Å². The second-order valence-electron chi connectivity index (χ2n) is 6.22. The van der Waals surface area contributed by atoms with E-state index in [1.54, 1.807) is 18.2 Å². The van der Waals surface area contributed by atoms with Crippen LogP contribution in [0, 0.1) is 6.92 Å². The molecule has 2 aromatic carbocycles. The van der Waals surface area contributed by atoms with Crippen molar-refractivity contribution < 1.29 is 4.79 Å². The molecule has 140 valence electrons. The van der Waals surface area contributed by atoms with Crippen molar-refractivity contribution in [3.05, 3.63) is 86.8 Å². The maximum absolute atomic E-state index is 12.4. The molecule has 2 aromatic heterocycles. The van der Waals surface area contributed by atoms with Crippen molar-refractivity contribution in [3.8, 4) is 10.6 Å². The number of carbonyl (C=O) groups excluding carboxylic acids is 1. The number of rotatable bonds is 4. The highest BCUT2D eigenvalue weighted by Crippen LogP contribution is 2.30. The van der Waals surface area contributed by atoms with E-state index in [1.807, 2.05) is 37.3 Å². The van der Waals surface area contributed by atoms with E-state index in [0.29, 0.717) is 26.2 Å². The number of hydrogen-bond acceptors (Lipinski definition) is 5. The fourth-order valence-corrected chi connectivity index (χ4v) is 3.99. The molecule has 2 heterocycles. The monoisotopic (exact) mass is 410 g/mol. The van der Waals surface area contributed by atoms with Gasteiger partial charge in [0.15, 0.2) is 0 Å². The first-order chi connectivity index (χ1) is 13.5. The van der Waals surface area contributed by atoms with Gasteiger partial charge in [-0.1, -0.05) is 58.8 Å². The number of benzene rings is 2. The van der Waals surface area contributed by atoms with Crippen LogP contribution in [0.25, 0.3) is 15.5 Å². The smallest absolute Gasteiger partial charge is 0.275 e. The zero-order valence-electron chi connectivity index (χ0n) is 14.8. The Morgan fingerprint density at radius 2 is 2.00 bits per heavy atom. The highest BCUT2D eigenvalue weighted by atomic mass is 35.5. The highest BCUT2D eigenvalue weighted by molar-refractivity contribution is 7.19. The minimum atomic E-state index is -0.306. The molecule has 0 atom stereocenters. The Morgan fingerprint density at radius 3 is 2.79 bits per heavy atom. The molecular formula is C20H15ClN4O2S. The van der Waals surface area contributed by atoms with Crippen molar-refractivity contribution in [2.75, 3.05) is 0 Å². The molecule has 8 heteroatoms. The molecule has 0 bridgehead atoms. The predicted octanol–water partition coefficient (Wildman–Crippen LogP) is 3.71. The minimum absolute atomic E-state index is 0.151. The van der Waals surface area contributed by atoms with E-state index in [1.165, 1.54) is 21.9 Å². The molecule has 0 aliphatic heterocycles. The Balaban J connectivity index is 1.60. The summed E-state index contributed by atoms with van der Waals surface area (Å²) in [5.74, 6) is -0.216. The zero-order valence-corrected chi connectivity index (χ0v) is 16.4. The Kier molecular flexibility index (Phi) is 4.93. The van der Waals surface area contributed by atoms with Crippen LogP contribution in [0.15, 0.2) is 59.4 Å². The molecule has 0 aliphatic carbocycles. The standard InChI is InChI=1S/C20H15ClN4O2S/c1-12-5-4-6-13(9-12)18(27)22-11-14-10-17(26)25-20(23-14)28-19(24-25)15-7-2-3-8-16(15)21/h2-10H,11H2,1H3,(H,22,27). The van der Waals surface area contributed by atoms with E-state index in [9.17, 15) is 9.59 Å². The number of amides is 1. The van der Waals surface area contributed by atoms with Crippen molar-refractivity contribution in [2.24, 2.45) is 0 Å². The third kappa shape index (κ3) is 3.67. The van der Waals surface area contributed by atoms with Crippen LogP contribution in [0.5, 0.6) is 0 Å². The molecule has 28 heavy (non-hydrogen) atoms. The maximum atomic E-state index is 12.4. The Morgan fingerprint density at radius 1 is 1.18 bits per heavy atom. The lowest BCUT2D eigenvalue weighted by Gasteiger charge is -2.05. The topological polar surface area (TPSA) is 76.4 Å². The first kappa shape index (κ1) is 18.3. The molecule has 0 aliphatic rings. The first-order valence-electron chi connectivity index (χ1n) is 8.51. The molecule has 0 radical (unpaired) electrons. The average Bonchev–Trinajstić information content (AvgIpc) is 3.11. The summed E-state index contributed by atoms with van der Waals surface area (Å²) in [5, 5.41) is 8.28. The lowest BCUT2D eigenvalue weighted by molar-refractivity contribution is 0.0950. The van der Waals surface area contributed by atoms with Crippen LogP contribution in [-0.2, 0) is 6.54 Å². The summed E-state index contributed by atoms with van der Waals surface area (Å²) in [6, 6.07) is 16.0. The Bertz CT molecular complexity index is 1250. The number of aromatic nitrogens is 3. The largest absolute Gasteiger partial charge is 0.346 e. The lowest BCUT2D eigenvalue weighted by atomic mass is 10.1. The van der Waals surface area contributed by atoms with Crippen LogP contribution in [0.2, 0.25) is 5.02 Å². The van der Waals surface area contributed by atoms with Gasteiger partial charge in [0.25, 0.3) is 11.5 Å². The second kappa shape index (κ2) is 7.53. The van der Waals surface area contributed by atoms with Crippen LogP contribution < -0.4 is 10.9 Å². The first-order valence-corrected chi connectivity index (χ1v) is 9.70. The molecule has 4 aromatic rings. The van der Waals surface area contributed by atoms with Gasteiger partial charge in [0.2, 0.25) is 4.96 Å². The van der Waals surface area contributed by atoms with E-state index in [-0.39, 0.29) is 18.0 Å². The Hall–Kier alpha value is -3.03. The summed E-state index contributed by atoms with van der Waals surface area (Å²) in [7, 11) is 0. The van der Waals surface area contributed by atoms with Crippen LogP contribution in [-0.4, -0.2) is 20.5 Å². The van der Waals surface area contributed by atoms with Crippen LogP contribution >= 0.6 is 22.9 Å². The van der Waals surface area contributed by atoms with Crippen molar-refractivity contribution in [1.29, 1.82) is 0 Å². The molecule has 0 saturated heterocycles. The SMILES string of the molecule is Cc1cccc(C(=O)NCc2cc(=O)n3nc(-c4ccccc4Cl)sc3n2)c1. The summed E-state index contributed by atoms with van der Waals surface area (Å²) in [6.45, 7) is 2.07. The normalized spacial score (nSPS) is 10.9. The number of carbonyl (C=O) groups is 1. The number of nitrogens with zero attached hydrogens (tertiary/aromatic N) is 3. The number of aryl methyl sites for hydroxylation is 1. The van der Waals surface area contributed by atoms with Crippen LogP contribution in [0.4, 0.5) is 0 Å². The quantitative estimate of drug-likeness (QED) is 0.556. The number of hydrogen-bond donors (Lipinski definition) is 1. The van der Waals surface area contributed by atoms with Crippen LogP contribution in [0.1, 0.15) is 21.6 Å². The van der Waals surface area contributed by atoms with E-state index in [0.717, 1.165) is 11.1 Å². The third-order valence-corrected chi connectivity index (χ3v) is 5.38. The van der Waals surface area contributed by atoms with Gasteiger partial charge < -0.3 is 5.32 Å². The van der Waals surface area contributed by atoms with Gasteiger partial charge in [-0.05, 0) is 25.1 Å². The number of fused-ring (bicyclic) bond motifs is 1. The summed E-state index contributed by atoms with van der Waals surface area (Å²) in [5.41, 5.74) is 2.48. The summed E-state index contributed by atoms with van der Waals surface area (Å²) in [4.78, 5) is 29.6. The van der Waals surface area contributed by atoms with E-state index >= 15 is 0 Å². The van der Waals surface area contributed by atoms with Gasteiger partial charge in [-0.15, -0.1) is 0 Å². The number of halogens is 1. The van der Waals surface area contributed by atoms with E-state index < -0.39 is 0 Å². The number of nitrogens with one attached hydrogen (secondary N) is 1. The van der Waals surface area contributed by atoms with Gasteiger partial charge in [0.1, 0.15) is 5.01 Å². The highest BCUT2D eigenvalue weighted by Gasteiger charge is 2.13. The van der Waals surface area contributed by atoms with Crippen LogP contribution in [0.3, 0.4) is 0 Å². The van der Waals surface area contributed by atoms with Crippen molar-refractivity contribution in [2.45, 2.75) is 13.5 Å². The molecule has 0 saturated carbocycles. The van der Waals surface area contributed by atoms with Crippen molar-refractivity contribution in [1.82, 2.24) is 19.9 Å². The molecule has 0 spiro atoms. The molecule has 1 amide bonds. The zero-order chi connectivity index (χ0) is 19.7. The molecule has 4 rings (SSSR count). The lowest BCUT2D eigenvalue weighted by Crippen LogP contribution is -2.25. The fraction of sp³-hybridized carbons (Fsp3) is 0.100. The van der Waals surface area contributed by atoms with Gasteiger partial charge in [-0.25, -0.2) is 4.98 Å². The van der Waals surface area contributed by atoms with Gasteiger partial charge in [-0.2, -0.15) is 9.61 Å². The Labute approximate surface area is 169 Å².